The number of aliphatic hydroxyl groups excluding tert-OH is 1. The first-order valence-electron chi connectivity index (χ1n) is 10.5. The van der Waals surface area contributed by atoms with E-state index in [1.165, 1.54) is 24.4 Å². The number of ether oxygens (including phenoxy) is 2. The number of nitrogens with one attached hydrogen (secondary N) is 1. The number of methoxy groups -OCH3 is 1. The van der Waals surface area contributed by atoms with Crippen LogP contribution in [-0.2, 0) is 4.79 Å². The van der Waals surface area contributed by atoms with E-state index >= 15 is 0 Å². The molecule has 3 aromatic rings. The molecule has 2 amide bonds. The predicted molar refractivity (Wildman–Crippen MR) is 118 cm³/mol. The number of pyridine rings is 1. The highest BCUT2D eigenvalue weighted by molar-refractivity contribution is 6.45. The summed E-state index contributed by atoms with van der Waals surface area (Å²) in [5.41, 5.74) is 1.14. The molecule has 1 saturated heterocycles. The Morgan fingerprint density at radius 2 is 1.79 bits per heavy atom. The molecule has 0 spiro atoms. The number of aromatic nitrogens is 2. The smallest absolute Gasteiger partial charge is 0.295 e. The zero-order valence-electron chi connectivity index (χ0n) is 18.1. The molecule has 3 heterocycles. The molecule has 33 heavy (non-hydrogen) atoms. The molecular formula is C23H24N4O6. The van der Waals surface area contributed by atoms with E-state index in [2.05, 4.69) is 9.97 Å². The fraction of sp³-hybridized carbons (Fsp3) is 0.304. The Labute approximate surface area is 189 Å². The summed E-state index contributed by atoms with van der Waals surface area (Å²) >= 11 is 0. The first-order valence-corrected chi connectivity index (χ1v) is 10.5. The van der Waals surface area contributed by atoms with Crippen LogP contribution < -0.4 is 9.47 Å². The van der Waals surface area contributed by atoms with Crippen LogP contribution in [0.15, 0.2) is 42.7 Å². The number of amides is 2. The number of piperazine rings is 1. The number of benzene rings is 1. The van der Waals surface area contributed by atoms with Crippen LogP contribution in [-0.4, -0.2) is 89.0 Å². The van der Waals surface area contributed by atoms with Crippen LogP contribution >= 0.6 is 0 Å². The third kappa shape index (κ3) is 4.37. The molecule has 0 unspecified atom stereocenters. The number of Topliss-reactive ketones (excluding diaryl/α,β-unsaturated/α-hetero) is 1. The van der Waals surface area contributed by atoms with Gasteiger partial charge in [0.25, 0.3) is 17.6 Å². The first-order chi connectivity index (χ1) is 16.0. The summed E-state index contributed by atoms with van der Waals surface area (Å²) in [5.74, 6) is -0.954. The molecule has 0 bridgehead atoms. The van der Waals surface area contributed by atoms with Crippen molar-refractivity contribution < 1.29 is 29.0 Å². The summed E-state index contributed by atoms with van der Waals surface area (Å²) < 4.78 is 10.8. The molecule has 0 saturated carbocycles. The summed E-state index contributed by atoms with van der Waals surface area (Å²) in [7, 11) is 1.44. The first kappa shape index (κ1) is 22.3. The van der Waals surface area contributed by atoms with Crippen molar-refractivity contribution >= 4 is 28.5 Å². The van der Waals surface area contributed by atoms with Crippen molar-refractivity contribution in [1.82, 2.24) is 19.8 Å². The van der Waals surface area contributed by atoms with E-state index in [4.69, 9.17) is 14.6 Å². The molecule has 1 aliphatic rings. The van der Waals surface area contributed by atoms with Crippen molar-refractivity contribution in [1.29, 1.82) is 0 Å². The van der Waals surface area contributed by atoms with Gasteiger partial charge in [0.2, 0.25) is 5.88 Å². The van der Waals surface area contributed by atoms with Crippen molar-refractivity contribution in [2.24, 2.45) is 0 Å². The number of aliphatic hydroxyl groups is 1. The molecule has 0 atom stereocenters. The van der Waals surface area contributed by atoms with Gasteiger partial charge >= 0.3 is 0 Å². The second kappa shape index (κ2) is 9.70. The number of fused-ring (bicyclic) bond motifs is 1. The second-order valence-corrected chi connectivity index (χ2v) is 7.44. The summed E-state index contributed by atoms with van der Waals surface area (Å²) in [6.07, 6.45) is 2.82. The molecule has 10 nitrogen and oxygen atoms in total. The normalized spacial score (nSPS) is 13.8. The van der Waals surface area contributed by atoms with Gasteiger partial charge in [0.1, 0.15) is 17.9 Å². The average Bonchev–Trinajstić information content (AvgIpc) is 3.32. The lowest BCUT2D eigenvalue weighted by atomic mass is 10.1. The van der Waals surface area contributed by atoms with Crippen molar-refractivity contribution in [2.45, 2.75) is 0 Å². The SMILES string of the molecule is COc1ncc(OCCO)c2c(C(=O)C(=O)N3CCN(C(=O)c4ccccc4)CC3)c[nH]c12. The molecule has 2 N–H and O–H groups in total. The number of hydrogen-bond acceptors (Lipinski definition) is 7. The molecule has 1 fully saturated rings. The van der Waals surface area contributed by atoms with Gasteiger partial charge in [-0.3, -0.25) is 14.4 Å². The number of carbonyl (C=O) groups excluding carboxylic acids is 3. The van der Waals surface area contributed by atoms with Gasteiger partial charge in [-0.05, 0) is 12.1 Å². The van der Waals surface area contributed by atoms with E-state index < -0.39 is 11.7 Å². The minimum absolute atomic E-state index is 0.00721. The van der Waals surface area contributed by atoms with E-state index in [1.807, 2.05) is 6.07 Å². The van der Waals surface area contributed by atoms with E-state index in [-0.39, 0.29) is 49.4 Å². The average molecular weight is 452 g/mol. The fourth-order valence-electron chi connectivity index (χ4n) is 3.83. The van der Waals surface area contributed by atoms with Gasteiger partial charge in [0.15, 0.2) is 0 Å². The summed E-state index contributed by atoms with van der Waals surface area (Å²) in [4.78, 5) is 48.9. The van der Waals surface area contributed by atoms with Crippen LogP contribution in [0.4, 0.5) is 0 Å². The molecule has 10 heteroatoms. The number of aromatic amines is 1. The van der Waals surface area contributed by atoms with Crippen molar-refractivity contribution in [3.63, 3.8) is 0 Å². The van der Waals surface area contributed by atoms with Crippen LogP contribution in [0.1, 0.15) is 20.7 Å². The molecule has 0 aliphatic carbocycles. The van der Waals surface area contributed by atoms with Crippen LogP contribution in [0.3, 0.4) is 0 Å². The minimum Gasteiger partial charge on any atom is -0.489 e. The topological polar surface area (TPSA) is 125 Å². The van der Waals surface area contributed by atoms with E-state index in [0.29, 0.717) is 29.6 Å². The van der Waals surface area contributed by atoms with Gasteiger partial charge in [-0.15, -0.1) is 0 Å². The van der Waals surface area contributed by atoms with E-state index in [1.54, 1.807) is 29.2 Å². The maximum Gasteiger partial charge on any atom is 0.295 e. The Morgan fingerprint density at radius 3 is 2.45 bits per heavy atom. The lowest BCUT2D eigenvalue weighted by molar-refractivity contribution is -0.127. The third-order valence-electron chi connectivity index (χ3n) is 5.50. The fourth-order valence-corrected chi connectivity index (χ4v) is 3.83. The van der Waals surface area contributed by atoms with Crippen LogP contribution in [0, 0.1) is 0 Å². The lowest BCUT2D eigenvalue weighted by Gasteiger charge is -2.34. The third-order valence-corrected chi connectivity index (χ3v) is 5.50. The number of ketones is 1. The summed E-state index contributed by atoms with van der Waals surface area (Å²) in [6.45, 7) is 0.973. The van der Waals surface area contributed by atoms with Gasteiger partial charge in [-0.2, -0.15) is 0 Å². The summed E-state index contributed by atoms with van der Waals surface area (Å²) in [5, 5.41) is 9.45. The van der Waals surface area contributed by atoms with Crippen LogP contribution in [0.5, 0.6) is 11.6 Å². The molecule has 1 aliphatic heterocycles. The largest absolute Gasteiger partial charge is 0.489 e. The number of hydrogen-bond donors (Lipinski definition) is 2. The number of rotatable bonds is 7. The quantitative estimate of drug-likeness (QED) is 0.406. The minimum atomic E-state index is -0.703. The Morgan fingerprint density at radius 1 is 1.09 bits per heavy atom. The summed E-state index contributed by atoms with van der Waals surface area (Å²) in [6, 6.07) is 8.95. The Hall–Kier alpha value is -3.92. The van der Waals surface area contributed by atoms with E-state index in [0.717, 1.165) is 0 Å². The van der Waals surface area contributed by atoms with E-state index in [9.17, 15) is 14.4 Å². The number of nitrogens with zero attached hydrogens (tertiary/aromatic N) is 3. The standard InChI is InChI=1S/C23H24N4O6/c1-32-21-19-18(17(14-25-21)33-12-11-28)16(13-24-19)20(29)23(31)27-9-7-26(8-10-27)22(30)15-5-3-2-4-6-15/h2-6,13-14,24,28H,7-12H2,1H3. The molecule has 1 aromatic carbocycles. The van der Waals surface area contributed by atoms with Gasteiger partial charge < -0.3 is 29.4 Å². The monoisotopic (exact) mass is 452 g/mol. The van der Waals surface area contributed by atoms with Gasteiger partial charge in [0, 0.05) is 37.9 Å². The molecular weight excluding hydrogens is 428 g/mol. The van der Waals surface area contributed by atoms with Crippen molar-refractivity contribution in [3.05, 3.63) is 53.9 Å². The highest BCUT2D eigenvalue weighted by Crippen LogP contribution is 2.33. The number of carbonyl (C=O) groups is 3. The van der Waals surface area contributed by atoms with Crippen molar-refractivity contribution in [2.75, 3.05) is 46.5 Å². The maximum atomic E-state index is 13.1. The second-order valence-electron chi connectivity index (χ2n) is 7.44. The molecule has 0 radical (unpaired) electrons. The van der Waals surface area contributed by atoms with Gasteiger partial charge in [-0.25, -0.2) is 4.98 Å². The highest BCUT2D eigenvalue weighted by Gasteiger charge is 2.31. The zero-order chi connectivity index (χ0) is 23.4. The van der Waals surface area contributed by atoms with Crippen LogP contribution in [0.2, 0.25) is 0 Å². The molecule has 4 rings (SSSR count). The van der Waals surface area contributed by atoms with Gasteiger partial charge in [-0.1, -0.05) is 18.2 Å². The maximum absolute atomic E-state index is 13.1. The Bertz CT molecular complexity index is 1170. The predicted octanol–water partition coefficient (Wildman–Crippen LogP) is 1.11. The van der Waals surface area contributed by atoms with Crippen LogP contribution in [0.25, 0.3) is 10.9 Å². The molecule has 172 valence electrons. The lowest BCUT2D eigenvalue weighted by Crippen LogP contribution is -2.52. The Balaban J connectivity index is 1.51. The van der Waals surface area contributed by atoms with Crippen molar-refractivity contribution in [3.8, 4) is 11.6 Å². The molecule has 2 aromatic heterocycles. The number of H-pyrrole nitrogens is 1. The van der Waals surface area contributed by atoms with Gasteiger partial charge in [0.05, 0.1) is 30.9 Å². The zero-order valence-corrected chi connectivity index (χ0v) is 18.1. The Kier molecular flexibility index (Phi) is 6.55. The highest BCUT2D eigenvalue weighted by atomic mass is 16.5.